The number of aromatic nitrogens is 1. The lowest BCUT2D eigenvalue weighted by molar-refractivity contribution is 0.0955. The highest BCUT2D eigenvalue weighted by molar-refractivity contribution is 5.95. The number of rotatable bonds is 5. The van der Waals surface area contributed by atoms with Crippen molar-refractivity contribution in [3.63, 3.8) is 0 Å². The number of carbonyl (C=O) groups excluding carboxylic acids is 1. The number of methoxy groups -OCH3 is 1. The highest BCUT2D eigenvalue weighted by Crippen LogP contribution is 2.23. The van der Waals surface area contributed by atoms with Crippen molar-refractivity contribution < 1.29 is 9.53 Å². The molecule has 0 saturated carbocycles. The van der Waals surface area contributed by atoms with Gasteiger partial charge in [-0.15, -0.1) is 0 Å². The van der Waals surface area contributed by atoms with Crippen LogP contribution in [0.2, 0.25) is 0 Å². The molecule has 0 unspecified atom stereocenters. The summed E-state index contributed by atoms with van der Waals surface area (Å²) in [7, 11) is 1.59. The Bertz CT molecular complexity index is 1030. The summed E-state index contributed by atoms with van der Waals surface area (Å²) in [4.78, 5) is 12.2. The Morgan fingerprint density at radius 1 is 1.04 bits per heavy atom. The van der Waals surface area contributed by atoms with Crippen molar-refractivity contribution in [2.24, 2.45) is 5.10 Å². The molecular weight excluding hydrogens is 350 g/mol. The predicted octanol–water partition coefficient (Wildman–Crippen LogP) is 4.48. The lowest BCUT2D eigenvalue weighted by atomic mass is 10.1. The zero-order valence-corrected chi connectivity index (χ0v) is 16.9. The molecule has 0 spiro atoms. The summed E-state index contributed by atoms with van der Waals surface area (Å²) in [5.74, 6) is 0.445. The maximum Gasteiger partial charge on any atom is 0.271 e. The molecule has 1 heterocycles. The summed E-state index contributed by atoms with van der Waals surface area (Å²) in [6.45, 7) is 8.33. The van der Waals surface area contributed by atoms with E-state index in [2.05, 4.69) is 67.1 Å². The molecule has 1 aromatic heterocycles. The summed E-state index contributed by atoms with van der Waals surface area (Å²) in [6, 6.07) is 15.4. The number of aryl methyl sites for hydroxylation is 3. The molecule has 0 bridgehead atoms. The SMILES string of the molecule is COc1ccc(C(=O)N/N=C\c2cc(C)n(-c3ccc(C)cc3C)c2C)cc1. The highest BCUT2D eigenvalue weighted by atomic mass is 16.5. The van der Waals surface area contributed by atoms with Crippen LogP contribution in [0.5, 0.6) is 5.75 Å². The Hall–Kier alpha value is -3.34. The van der Waals surface area contributed by atoms with Crippen molar-refractivity contribution in [1.29, 1.82) is 0 Å². The molecule has 1 amide bonds. The Balaban J connectivity index is 1.78. The van der Waals surface area contributed by atoms with E-state index in [1.165, 1.54) is 11.1 Å². The van der Waals surface area contributed by atoms with Gasteiger partial charge in [-0.05, 0) is 69.7 Å². The molecule has 3 aromatic rings. The van der Waals surface area contributed by atoms with Gasteiger partial charge < -0.3 is 9.30 Å². The molecule has 5 nitrogen and oxygen atoms in total. The average Bonchev–Trinajstić information content (AvgIpc) is 2.95. The number of hydrogen-bond acceptors (Lipinski definition) is 3. The lowest BCUT2D eigenvalue weighted by Gasteiger charge is -2.13. The van der Waals surface area contributed by atoms with Gasteiger partial charge in [-0.2, -0.15) is 5.10 Å². The Morgan fingerprint density at radius 2 is 1.75 bits per heavy atom. The number of ether oxygens (including phenoxy) is 1. The van der Waals surface area contributed by atoms with Gasteiger partial charge in [-0.3, -0.25) is 4.79 Å². The van der Waals surface area contributed by atoms with Gasteiger partial charge in [-0.1, -0.05) is 17.7 Å². The van der Waals surface area contributed by atoms with E-state index in [9.17, 15) is 4.79 Å². The number of benzene rings is 2. The molecule has 0 saturated heterocycles. The summed E-state index contributed by atoms with van der Waals surface area (Å²) in [5, 5.41) is 4.14. The molecule has 0 fully saturated rings. The minimum Gasteiger partial charge on any atom is -0.497 e. The molecule has 0 radical (unpaired) electrons. The first-order valence-corrected chi connectivity index (χ1v) is 9.14. The molecule has 1 N–H and O–H groups in total. The van der Waals surface area contributed by atoms with Crippen molar-refractivity contribution in [3.8, 4) is 11.4 Å². The Morgan fingerprint density at radius 3 is 2.39 bits per heavy atom. The van der Waals surface area contributed by atoms with Crippen LogP contribution in [0.4, 0.5) is 0 Å². The van der Waals surface area contributed by atoms with Crippen LogP contribution in [-0.4, -0.2) is 23.8 Å². The van der Waals surface area contributed by atoms with E-state index in [1.54, 1.807) is 37.6 Å². The molecule has 28 heavy (non-hydrogen) atoms. The van der Waals surface area contributed by atoms with Gasteiger partial charge in [0.1, 0.15) is 5.75 Å². The summed E-state index contributed by atoms with van der Waals surface area (Å²) in [6.07, 6.45) is 1.68. The van der Waals surface area contributed by atoms with Crippen molar-refractivity contribution in [1.82, 2.24) is 9.99 Å². The fourth-order valence-corrected chi connectivity index (χ4v) is 3.31. The average molecular weight is 375 g/mol. The third-order valence-corrected chi connectivity index (χ3v) is 4.79. The Labute approximate surface area is 165 Å². The van der Waals surface area contributed by atoms with Gasteiger partial charge >= 0.3 is 0 Å². The third kappa shape index (κ3) is 3.98. The minimum atomic E-state index is -0.262. The third-order valence-electron chi connectivity index (χ3n) is 4.79. The van der Waals surface area contributed by atoms with Gasteiger partial charge in [0, 0.05) is 28.2 Å². The predicted molar refractivity (Wildman–Crippen MR) is 113 cm³/mol. The Kier molecular flexibility index (Phi) is 5.64. The van der Waals surface area contributed by atoms with Crippen LogP contribution < -0.4 is 10.2 Å². The fourth-order valence-electron chi connectivity index (χ4n) is 3.31. The maximum absolute atomic E-state index is 12.2. The van der Waals surface area contributed by atoms with Crippen molar-refractivity contribution in [2.75, 3.05) is 7.11 Å². The topological polar surface area (TPSA) is 55.6 Å². The van der Waals surface area contributed by atoms with E-state index in [0.29, 0.717) is 11.3 Å². The molecular formula is C23H25N3O2. The number of hydrazone groups is 1. The van der Waals surface area contributed by atoms with E-state index >= 15 is 0 Å². The number of nitrogens with one attached hydrogen (secondary N) is 1. The molecule has 0 atom stereocenters. The molecule has 0 aliphatic carbocycles. The van der Waals surface area contributed by atoms with Gasteiger partial charge in [-0.25, -0.2) is 5.43 Å². The summed E-state index contributed by atoms with van der Waals surface area (Å²) >= 11 is 0. The largest absolute Gasteiger partial charge is 0.497 e. The van der Waals surface area contributed by atoms with Crippen LogP contribution in [0.1, 0.15) is 38.4 Å². The molecule has 2 aromatic carbocycles. The van der Waals surface area contributed by atoms with Crippen LogP contribution in [0.25, 0.3) is 5.69 Å². The van der Waals surface area contributed by atoms with Gasteiger partial charge in [0.05, 0.1) is 13.3 Å². The first kappa shape index (κ1) is 19.4. The smallest absolute Gasteiger partial charge is 0.271 e. The normalized spacial score (nSPS) is 11.0. The quantitative estimate of drug-likeness (QED) is 0.528. The number of carbonyl (C=O) groups is 1. The first-order valence-electron chi connectivity index (χ1n) is 9.14. The summed E-state index contributed by atoms with van der Waals surface area (Å²) in [5.41, 5.74) is 9.88. The van der Waals surface area contributed by atoms with Crippen molar-refractivity contribution in [2.45, 2.75) is 27.7 Å². The second kappa shape index (κ2) is 8.13. The minimum absolute atomic E-state index is 0.262. The van der Waals surface area contributed by atoms with Crippen LogP contribution in [-0.2, 0) is 0 Å². The monoisotopic (exact) mass is 375 g/mol. The van der Waals surface area contributed by atoms with Crippen LogP contribution in [0.15, 0.2) is 53.6 Å². The molecule has 144 valence electrons. The fraction of sp³-hybridized carbons (Fsp3) is 0.217. The second-order valence-electron chi connectivity index (χ2n) is 6.88. The maximum atomic E-state index is 12.2. The van der Waals surface area contributed by atoms with E-state index in [0.717, 1.165) is 22.6 Å². The van der Waals surface area contributed by atoms with Crippen LogP contribution in [0, 0.1) is 27.7 Å². The van der Waals surface area contributed by atoms with E-state index < -0.39 is 0 Å². The molecule has 0 aliphatic rings. The first-order chi connectivity index (χ1) is 13.4. The van der Waals surface area contributed by atoms with E-state index in [4.69, 9.17) is 4.74 Å². The van der Waals surface area contributed by atoms with Crippen LogP contribution >= 0.6 is 0 Å². The molecule has 0 aliphatic heterocycles. The van der Waals surface area contributed by atoms with E-state index in [1.807, 2.05) is 0 Å². The van der Waals surface area contributed by atoms with Gasteiger partial charge in [0.2, 0.25) is 0 Å². The number of hydrogen-bond donors (Lipinski definition) is 1. The molecule has 5 heteroatoms. The standard InChI is InChI=1S/C23H25N3O2/c1-15-6-11-22(16(2)12-15)26-17(3)13-20(18(26)4)14-24-25-23(27)19-7-9-21(28-5)10-8-19/h6-14H,1-5H3,(H,25,27)/b24-14-. The lowest BCUT2D eigenvalue weighted by Crippen LogP contribution is -2.17. The van der Waals surface area contributed by atoms with Gasteiger partial charge in [0.15, 0.2) is 0 Å². The van der Waals surface area contributed by atoms with Crippen molar-refractivity contribution in [3.05, 3.63) is 82.2 Å². The molecule has 3 rings (SSSR count). The second-order valence-corrected chi connectivity index (χ2v) is 6.88. The number of amides is 1. The van der Waals surface area contributed by atoms with Gasteiger partial charge in [0.25, 0.3) is 5.91 Å². The van der Waals surface area contributed by atoms with Crippen molar-refractivity contribution >= 4 is 12.1 Å². The van der Waals surface area contributed by atoms with E-state index in [-0.39, 0.29) is 5.91 Å². The zero-order chi connectivity index (χ0) is 20.3. The highest BCUT2D eigenvalue weighted by Gasteiger charge is 2.11. The number of nitrogens with zero attached hydrogens (tertiary/aromatic N) is 2. The summed E-state index contributed by atoms with van der Waals surface area (Å²) < 4.78 is 7.31. The zero-order valence-electron chi connectivity index (χ0n) is 16.9. The van der Waals surface area contributed by atoms with Crippen LogP contribution in [0.3, 0.4) is 0 Å².